The molecular weight excluding hydrogens is 182 g/mol. The van der Waals surface area contributed by atoms with Gasteiger partial charge in [-0.05, 0) is 12.8 Å². The molecule has 0 fully saturated rings. The van der Waals surface area contributed by atoms with Gasteiger partial charge in [0.05, 0.1) is 5.88 Å². The molecule has 1 rings (SSSR count). The molecule has 0 aliphatic rings. The van der Waals surface area contributed by atoms with E-state index >= 15 is 0 Å². The second-order valence-electron chi connectivity index (χ2n) is 2.04. The lowest BCUT2D eigenvalue weighted by Gasteiger charge is -2.00. The Bertz CT molecular complexity index is 284. The Morgan fingerprint density at radius 1 is 1.92 bits per heavy atom. The molecule has 0 radical (unpaired) electrons. The van der Waals surface area contributed by atoms with Crippen molar-refractivity contribution in [3.8, 4) is 0 Å². The minimum absolute atomic E-state index is 0.146. The van der Waals surface area contributed by atoms with Crippen LogP contribution in [-0.2, 0) is 6.54 Å². The van der Waals surface area contributed by atoms with Crippen LogP contribution in [0.25, 0.3) is 0 Å². The van der Waals surface area contributed by atoms with Crippen molar-refractivity contribution in [2.24, 2.45) is 4.99 Å². The molecule has 0 aliphatic carbocycles. The van der Waals surface area contributed by atoms with Crippen LogP contribution in [0.1, 0.15) is 6.92 Å². The Morgan fingerprint density at radius 2 is 2.67 bits per heavy atom. The Kier molecular flexibility index (Phi) is 3.04. The third-order valence-corrected chi connectivity index (χ3v) is 1.40. The fraction of sp³-hybridized carbons (Fsp3) is 0.500. The second-order valence-corrected chi connectivity index (χ2v) is 2.30. The van der Waals surface area contributed by atoms with Crippen LogP contribution in [0.4, 0.5) is 5.88 Å². The normalized spacial score (nSPS) is 12.0. The summed E-state index contributed by atoms with van der Waals surface area (Å²) in [6.45, 7) is 2.57. The minimum Gasteiger partial charge on any atom is -0.861 e. The van der Waals surface area contributed by atoms with Crippen molar-refractivity contribution in [1.82, 2.24) is 5.27 Å². The molecule has 0 bridgehead atoms. The highest BCUT2D eigenvalue weighted by molar-refractivity contribution is 6.26. The lowest BCUT2D eigenvalue weighted by atomic mass is 10.7. The number of rotatable bonds is 3. The van der Waals surface area contributed by atoms with Gasteiger partial charge in [-0.15, -0.1) is 11.6 Å². The van der Waals surface area contributed by atoms with E-state index in [2.05, 4.69) is 10.3 Å². The molecule has 1 aromatic heterocycles. The summed E-state index contributed by atoms with van der Waals surface area (Å²) in [6, 6.07) is 0. The third-order valence-electron chi connectivity index (χ3n) is 1.17. The van der Waals surface area contributed by atoms with Gasteiger partial charge in [0.1, 0.15) is 0 Å². The van der Waals surface area contributed by atoms with Gasteiger partial charge in [0.25, 0.3) is 6.20 Å². The summed E-state index contributed by atoms with van der Waals surface area (Å²) in [5, 5.41) is 14.3. The molecule has 0 aromatic carbocycles. The fourth-order valence-corrected chi connectivity index (χ4v) is 0.680. The minimum atomic E-state index is -0.434. The number of aromatic nitrogens is 2. The van der Waals surface area contributed by atoms with Gasteiger partial charge in [-0.1, -0.05) is 4.68 Å². The summed E-state index contributed by atoms with van der Waals surface area (Å²) in [7, 11) is 0. The maximum absolute atomic E-state index is 10.7. The van der Waals surface area contributed by atoms with E-state index in [1.807, 2.05) is 6.92 Å². The van der Waals surface area contributed by atoms with Gasteiger partial charge in [-0.3, -0.25) is 4.52 Å². The molecule has 0 saturated heterocycles. The van der Waals surface area contributed by atoms with E-state index in [1.165, 1.54) is 10.9 Å². The molecule has 66 valence electrons. The van der Waals surface area contributed by atoms with Gasteiger partial charge in [0.2, 0.25) is 5.27 Å². The molecule has 12 heavy (non-hydrogen) atoms. The first kappa shape index (κ1) is 8.99. The molecule has 6 heteroatoms. The average molecular weight is 190 g/mol. The van der Waals surface area contributed by atoms with Crippen molar-refractivity contribution in [1.29, 1.82) is 0 Å². The number of alkyl halides is 1. The van der Waals surface area contributed by atoms with Gasteiger partial charge in [0, 0.05) is 0 Å². The second kappa shape index (κ2) is 4.06. The first-order chi connectivity index (χ1) is 5.76. The highest BCUT2D eigenvalue weighted by Crippen LogP contribution is 2.05. The zero-order chi connectivity index (χ0) is 8.97. The number of aliphatic imine (C=N–C) groups is 1. The summed E-state index contributed by atoms with van der Waals surface area (Å²) in [6.07, 6.45) is 1.53. The average Bonchev–Trinajstić information content (AvgIpc) is 2.52. The van der Waals surface area contributed by atoms with Crippen LogP contribution in [0, 0.1) is 0 Å². The number of hydrogen-bond donors (Lipinski definition) is 0. The molecule has 0 amide bonds. The van der Waals surface area contributed by atoms with E-state index in [4.69, 9.17) is 16.1 Å². The Balaban J connectivity index is 2.76. The molecule has 0 spiro atoms. The predicted molar refractivity (Wildman–Crippen MR) is 40.2 cm³/mol. The van der Waals surface area contributed by atoms with Crippen molar-refractivity contribution in [2.45, 2.75) is 13.5 Å². The van der Waals surface area contributed by atoms with Crippen LogP contribution < -0.4 is 9.79 Å². The first-order valence-corrected chi connectivity index (χ1v) is 3.96. The van der Waals surface area contributed by atoms with E-state index in [9.17, 15) is 5.11 Å². The van der Waals surface area contributed by atoms with Gasteiger partial charge in [-0.25, -0.2) is 4.99 Å². The highest BCUT2D eigenvalue weighted by Gasteiger charge is 2.06. The molecule has 0 aliphatic heterocycles. The van der Waals surface area contributed by atoms with Crippen LogP contribution in [0.3, 0.4) is 0 Å². The number of hydrogen-bond acceptors (Lipinski definition) is 4. The van der Waals surface area contributed by atoms with Gasteiger partial charge < -0.3 is 5.11 Å². The summed E-state index contributed by atoms with van der Waals surface area (Å²) in [5.74, 6) is -0.397. The van der Waals surface area contributed by atoms with Crippen molar-refractivity contribution in [3.05, 3.63) is 6.20 Å². The SMILES string of the molecule is CC[n+]1cc(/N=C(\[O-])CCl)on1. The summed E-state index contributed by atoms with van der Waals surface area (Å²) in [5.41, 5.74) is 0. The molecular formula is C6H8ClN3O2. The topological polar surface area (TPSA) is 65.3 Å². The molecule has 0 saturated carbocycles. The summed E-state index contributed by atoms with van der Waals surface area (Å²) >= 11 is 5.23. The maximum atomic E-state index is 10.7. The maximum Gasteiger partial charge on any atom is 0.320 e. The molecule has 5 nitrogen and oxygen atoms in total. The highest BCUT2D eigenvalue weighted by atomic mass is 35.5. The molecule has 0 N–H and O–H groups in total. The van der Waals surface area contributed by atoms with E-state index < -0.39 is 5.90 Å². The third kappa shape index (κ3) is 2.20. The van der Waals surface area contributed by atoms with Crippen LogP contribution in [0.5, 0.6) is 0 Å². The predicted octanol–water partition coefficient (Wildman–Crippen LogP) is -0.389. The van der Waals surface area contributed by atoms with Crippen molar-refractivity contribution >= 4 is 23.4 Å². The lowest BCUT2D eigenvalue weighted by molar-refractivity contribution is -0.759. The van der Waals surface area contributed by atoms with E-state index in [-0.39, 0.29) is 11.8 Å². The smallest absolute Gasteiger partial charge is 0.320 e. The lowest BCUT2D eigenvalue weighted by Crippen LogP contribution is -2.32. The van der Waals surface area contributed by atoms with Crippen molar-refractivity contribution < 1.29 is 14.3 Å². The quantitative estimate of drug-likeness (QED) is 0.282. The van der Waals surface area contributed by atoms with Crippen LogP contribution in [-0.4, -0.2) is 17.0 Å². The number of nitrogens with zero attached hydrogens (tertiary/aromatic N) is 3. The largest absolute Gasteiger partial charge is 0.861 e. The van der Waals surface area contributed by atoms with E-state index in [0.29, 0.717) is 6.54 Å². The Labute approximate surface area is 74.2 Å². The van der Waals surface area contributed by atoms with Gasteiger partial charge in [0.15, 0.2) is 6.54 Å². The summed E-state index contributed by atoms with van der Waals surface area (Å²) in [4.78, 5) is 3.53. The van der Waals surface area contributed by atoms with Gasteiger partial charge in [-0.2, -0.15) is 0 Å². The Morgan fingerprint density at radius 3 is 3.17 bits per heavy atom. The fourth-order valence-electron chi connectivity index (χ4n) is 0.620. The zero-order valence-corrected chi connectivity index (χ0v) is 7.28. The summed E-state index contributed by atoms with van der Waals surface area (Å²) < 4.78 is 6.22. The molecule has 1 heterocycles. The van der Waals surface area contributed by atoms with Crippen molar-refractivity contribution in [2.75, 3.05) is 5.88 Å². The molecule has 0 unspecified atom stereocenters. The monoisotopic (exact) mass is 189 g/mol. The first-order valence-electron chi connectivity index (χ1n) is 3.43. The van der Waals surface area contributed by atoms with Crippen molar-refractivity contribution in [3.63, 3.8) is 0 Å². The standard InChI is InChI=1S/C6H8ClN3O2/c1-2-10-4-6(12-9-10)8-5(11)3-7/h4H,2-3H2,1H3. The molecule has 1 aromatic rings. The van der Waals surface area contributed by atoms with E-state index in [0.717, 1.165) is 0 Å². The van der Waals surface area contributed by atoms with Crippen LogP contribution >= 0.6 is 11.6 Å². The van der Waals surface area contributed by atoms with Gasteiger partial charge >= 0.3 is 5.88 Å². The molecule has 0 atom stereocenters. The van der Waals surface area contributed by atoms with E-state index in [1.54, 1.807) is 0 Å². The van der Waals surface area contributed by atoms with Crippen LogP contribution in [0.2, 0.25) is 0 Å². The zero-order valence-electron chi connectivity index (χ0n) is 6.53. The number of aryl methyl sites for hydroxylation is 1. The van der Waals surface area contributed by atoms with Crippen LogP contribution in [0.15, 0.2) is 15.7 Å². The Hall–Kier alpha value is -1.10. The number of halogens is 1.